The second kappa shape index (κ2) is 5.72. The molecule has 2 atom stereocenters. The van der Waals surface area contributed by atoms with Crippen molar-refractivity contribution in [2.45, 2.75) is 44.9 Å². The number of rotatable bonds is 5. The molecule has 0 aromatic carbocycles. The van der Waals surface area contributed by atoms with E-state index in [0.717, 1.165) is 12.3 Å². The number of amides is 1. The van der Waals surface area contributed by atoms with Gasteiger partial charge in [0.05, 0.1) is 6.42 Å². The number of carboxylic acids is 1. The van der Waals surface area contributed by atoms with E-state index in [1.165, 1.54) is 32.1 Å². The molecule has 0 saturated heterocycles. The molecule has 2 unspecified atom stereocenters. The number of carbonyl (C=O) groups is 2. The Hall–Kier alpha value is -1.06. The predicted molar refractivity (Wildman–Crippen MR) is 68.1 cm³/mol. The van der Waals surface area contributed by atoms with Crippen LogP contribution in [-0.4, -0.2) is 35.5 Å². The van der Waals surface area contributed by atoms with Gasteiger partial charge in [-0.3, -0.25) is 9.59 Å². The summed E-state index contributed by atoms with van der Waals surface area (Å²) in [5, 5.41) is 8.62. The van der Waals surface area contributed by atoms with Gasteiger partial charge in [0.2, 0.25) is 5.91 Å². The van der Waals surface area contributed by atoms with Crippen molar-refractivity contribution in [1.29, 1.82) is 0 Å². The fraction of sp³-hybridized carbons (Fsp3) is 0.857. The van der Waals surface area contributed by atoms with E-state index in [9.17, 15) is 9.59 Å². The third kappa shape index (κ3) is 3.24. The first-order chi connectivity index (χ1) is 8.59. The fourth-order valence-electron chi connectivity index (χ4n) is 3.24. The molecule has 1 N–H and O–H groups in total. The first-order valence-electron chi connectivity index (χ1n) is 7.06. The van der Waals surface area contributed by atoms with E-state index >= 15 is 0 Å². The van der Waals surface area contributed by atoms with Crippen LogP contribution in [0.3, 0.4) is 0 Å². The molecule has 0 aromatic rings. The number of nitrogens with zero attached hydrogens (tertiary/aromatic N) is 1. The normalized spacial score (nSPS) is 27.8. The third-order valence-corrected chi connectivity index (χ3v) is 4.45. The molecule has 0 aromatic heterocycles. The van der Waals surface area contributed by atoms with E-state index in [0.29, 0.717) is 12.5 Å². The summed E-state index contributed by atoms with van der Waals surface area (Å²) >= 11 is 0. The summed E-state index contributed by atoms with van der Waals surface area (Å²) in [5.41, 5.74) is 0. The molecule has 4 heteroatoms. The van der Waals surface area contributed by atoms with Crippen LogP contribution >= 0.6 is 0 Å². The molecule has 2 aliphatic carbocycles. The van der Waals surface area contributed by atoms with Crippen molar-refractivity contribution < 1.29 is 14.7 Å². The van der Waals surface area contributed by atoms with Gasteiger partial charge in [-0.1, -0.05) is 32.1 Å². The predicted octanol–water partition coefficient (Wildman–Crippen LogP) is 2.14. The summed E-state index contributed by atoms with van der Waals surface area (Å²) in [6.45, 7) is 0.335. The lowest BCUT2D eigenvalue weighted by atomic mass is 9.85. The SMILES string of the molecule is CN(CCC(=O)O)C(=O)C1CC1C1CCCCC1. The number of carboxylic acid groups (broad SMARTS) is 1. The molecule has 2 fully saturated rings. The zero-order chi connectivity index (χ0) is 13.1. The minimum atomic E-state index is -0.839. The largest absolute Gasteiger partial charge is 0.481 e. The highest BCUT2D eigenvalue weighted by Gasteiger charge is 2.48. The van der Waals surface area contributed by atoms with Crippen molar-refractivity contribution in [3.63, 3.8) is 0 Å². The molecular weight excluding hydrogens is 230 g/mol. The van der Waals surface area contributed by atoms with E-state index in [4.69, 9.17) is 5.11 Å². The molecule has 2 aliphatic rings. The maximum Gasteiger partial charge on any atom is 0.305 e. The number of hydrogen-bond donors (Lipinski definition) is 1. The van der Waals surface area contributed by atoms with E-state index < -0.39 is 5.97 Å². The molecule has 0 radical (unpaired) electrons. The van der Waals surface area contributed by atoms with E-state index in [2.05, 4.69) is 0 Å². The molecule has 102 valence electrons. The van der Waals surface area contributed by atoms with Crippen LogP contribution in [0.25, 0.3) is 0 Å². The minimum absolute atomic E-state index is 0.0447. The van der Waals surface area contributed by atoms with Gasteiger partial charge in [-0.15, -0.1) is 0 Å². The Bertz CT molecular complexity index is 323. The third-order valence-electron chi connectivity index (χ3n) is 4.45. The van der Waals surface area contributed by atoms with E-state index in [-0.39, 0.29) is 18.2 Å². The van der Waals surface area contributed by atoms with E-state index in [1.807, 2.05) is 0 Å². The molecule has 2 saturated carbocycles. The highest BCUT2D eigenvalue weighted by Crippen LogP contribution is 2.50. The number of hydrogen-bond acceptors (Lipinski definition) is 2. The molecule has 18 heavy (non-hydrogen) atoms. The first-order valence-corrected chi connectivity index (χ1v) is 7.06. The molecule has 4 nitrogen and oxygen atoms in total. The molecule has 1 amide bonds. The average Bonchev–Trinajstić information content (AvgIpc) is 3.16. The molecule has 0 spiro atoms. The van der Waals surface area contributed by atoms with Gasteiger partial charge in [0, 0.05) is 19.5 Å². The molecular formula is C14H23NO3. The van der Waals surface area contributed by atoms with Crippen molar-refractivity contribution in [2.24, 2.45) is 17.8 Å². The van der Waals surface area contributed by atoms with E-state index in [1.54, 1.807) is 11.9 Å². The maximum atomic E-state index is 12.1. The fourth-order valence-corrected chi connectivity index (χ4v) is 3.24. The second-order valence-electron chi connectivity index (χ2n) is 5.81. The van der Waals surface area contributed by atoms with Crippen LogP contribution in [0.15, 0.2) is 0 Å². The average molecular weight is 253 g/mol. The van der Waals surface area contributed by atoms with Crippen LogP contribution in [0.2, 0.25) is 0 Å². The van der Waals surface area contributed by atoms with Crippen molar-refractivity contribution in [3.8, 4) is 0 Å². The Kier molecular flexibility index (Phi) is 4.25. The maximum absolute atomic E-state index is 12.1. The van der Waals surface area contributed by atoms with Gasteiger partial charge < -0.3 is 10.0 Å². The minimum Gasteiger partial charge on any atom is -0.481 e. The summed E-state index contributed by atoms with van der Waals surface area (Å²) in [5.74, 6) is 0.846. The van der Waals surface area contributed by atoms with Crippen molar-refractivity contribution in [2.75, 3.05) is 13.6 Å². The van der Waals surface area contributed by atoms with Crippen LogP contribution in [0, 0.1) is 17.8 Å². The van der Waals surface area contributed by atoms with Gasteiger partial charge >= 0.3 is 5.97 Å². The van der Waals surface area contributed by atoms with Gasteiger partial charge in [-0.05, 0) is 18.3 Å². The molecule has 0 aliphatic heterocycles. The number of carbonyl (C=O) groups excluding carboxylic acids is 1. The highest BCUT2D eigenvalue weighted by atomic mass is 16.4. The van der Waals surface area contributed by atoms with Gasteiger partial charge in [-0.2, -0.15) is 0 Å². The molecule has 0 bridgehead atoms. The van der Waals surface area contributed by atoms with Gasteiger partial charge in [0.1, 0.15) is 0 Å². The summed E-state index contributed by atoms with van der Waals surface area (Å²) in [7, 11) is 1.72. The Morgan fingerprint density at radius 3 is 2.50 bits per heavy atom. The summed E-state index contributed by atoms with van der Waals surface area (Å²) in [4.78, 5) is 24.2. The van der Waals surface area contributed by atoms with Gasteiger partial charge in [0.15, 0.2) is 0 Å². The Morgan fingerprint density at radius 2 is 1.89 bits per heavy atom. The van der Waals surface area contributed by atoms with Crippen LogP contribution in [0.4, 0.5) is 0 Å². The lowest BCUT2D eigenvalue weighted by Crippen LogP contribution is -2.31. The summed E-state index contributed by atoms with van der Waals surface area (Å²) in [6, 6.07) is 0. The Balaban J connectivity index is 1.75. The Morgan fingerprint density at radius 1 is 1.22 bits per heavy atom. The monoisotopic (exact) mass is 253 g/mol. The first kappa shape index (κ1) is 13.4. The van der Waals surface area contributed by atoms with Crippen molar-refractivity contribution in [3.05, 3.63) is 0 Å². The van der Waals surface area contributed by atoms with Gasteiger partial charge in [-0.25, -0.2) is 0 Å². The zero-order valence-electron chi connectivity index (χ0n) is 11.1. The van der Waals surface area contributed by atoms with Crippen LogP contribution in [-0.2, 0) is 9.59 Å². The lowest BCUT2D eigenvalue weighted by molar-refractivity contribution is -0.138. The molecule has 0 heterocycles. The van der Waals surface area contributed by atoms with Gasteiger partial charge in [0.25, 0.3) is 0 Å². The highest BCUT2D eigenvalue weighted by molar-refractivity contribution is 5.82. The van der Waals surface area contributed by atoms with Crippen LogP contribution < -0.4 is 0 Å². The zero-order valence-corrected chi connectivity index (χ0v) is 11.1. The summed E-state index contributed by atoms with van der Waals surface area (Å²) in [6.07, 6.45) is 7.62. The van der Waals surface area contributed by atoms with Crippen LogP contribution in [0.1, 0.15) is 44.9 Å². The topological polar surface area (TPSA) is 57.6 Å². The lowest BCUT2D eigenvalue weighted by Gasteiger charge is -2.22. The number of aliphatic carboxylic acids is 1. The molecule has 2 rings (SSSR count). The Labute approximate surface area is 108 Å². The van der Waals surface area contributed by atoms with Crippen molar-refractivity contribution >= 4 is 11.9 Å². The van der Waals surface area contributed by atoms with Crippen molar-refractivity contribution in [1.82, 2.24) is 4.90 Å². The van der Waals surface area contributed by atoms with Crippen LogP contribution in [0.5, 0.6) is 0 Å². The summed E-state index contributed by atoms with van der Waals surface area (Å²) < 4.78 is 0. The smallest absolute Gasteiger partial charge is 0.305 e. The second-order valence-corrected chi connectivity index (χ2v) is 5.81. The quantitative estimate of drug-likeness (QED) is 0.816. The standard InChI is InChI=1S/C14H23NO3/c1-15(8-7-13(16)17)14(18)12-9-11(12)10-5-3-2-4-6-10/h10-12H,2-9H2,1H3,(H,16,17).